The van der Waals surface area contributed by atoms with Crippen molar-refractivity contribution in [2.75, 3.05) is 54.4 Å². The molecule has 1 aliphatic rings. The van der Waals surface area contributed by atoms with E-state index < -0.39 is 0 Å². The summed E-state index contributed by atoms with van der Waals surface area (Å²) in [5.41, 5.74) is 0.132. The molecule has 1 heterocycles. The van der Waals surface area contributed by atoms with Gasteiger partial charge in [0.1, 0.15) is 0 Å². The van der Waals surface area contributed by atoms with E-state index in [1.165, 1.54) is 0 Å². The molecule has 4 heteroatoms. The average Bonchev–Trinajstić information content (AvgIpc) is 2.25. The molecular weight excluding hydrogens is 250 g/mol. The number of hydrogen-bond donors (Lipinski definition) is 0. The molecule has 0 aromatic carbocycles. The minimum atomic E-state index is -0.0378. The second-order valence-corrected chi connectivity index (χ2v) is 7.33. The molecule has 1 aliphatic heterocycles. The minimum Gasteiger partial charge on any atom is -0.376 e. The largest absolute Gasteiger partial charge is 0.376 e. The molecule has 0 aromatic rings. The molecule has 0 radical (unpaired) electrons. The van der Waals surface area contributed by atoms with E-state index in [9.17, 15) is 0 Å². The molecule has 0 spiro atoms. The number of hydrogen-bond acceptors (Lipinski definition) is 4. The summed E-state index contributed by atoms with van der Waals surface area (Å²) in [6, 6.07) is 0. The molecule has 1 saturated heterocycles. The normalized spacial score (nSPS) is 26.8. The minimum absolute atomic E-state index is 0.0378. The molecule has 0 bridgehead atoms. The number of ether oxygens (including phenoxy) is 1. The highest BCUT2D eigenvalue weighted by atomic mass is 16.5. The first-order chi connectivity index (χ1) is 9.25. The van der Waals surface area contributed by atoms with Gasteiger partial charge < -0.3 is 14.5 Å². The fourth-order valence-electron chi connectivity index (χ4n) is 3.17. The van der Waals surface area contributed by atoms with Gasteiger partial charge in [-0.05, 0) is 67.8 Å². The molecule has 1 atom stereocenters. The molecule has 0 amide bonds. The average molecular weight is 283 g/mol. The number of aliphatic imine (C=N–C) groups is 1. The zero-order chi connectivity index (χ0) is 15.2. The Balaban J connectivity index is 2.61. The zero-order valence-corrected chi connectivity index (χ0v) is 14.3. The van der Waals surface area contributed by atoms with Crippen LogP contribution in [0.2, 0.25) is 0 Å². The SMILES string of the molecule is CN(C)CCCN=C[C@]1(CN(C)C)CCOC(C)(C)C1. The van der Waals surface area contributed by atoms with Crippen molar-refractivity contribution in [2.45, 2.75) is 38.7 Å². The van der Waals surface area contributed by atoms with Gasteiger partial charge in [-0.2, -0.15) is 0 Å². The Hall–Kier alpha value is -0.450. The van der Waals surface area contributed by atoms with Gasteiger partial charge in [-0.1, -0.05) is 0 Å². The quantitative estimate of drug-likeness (QED) is 0.529. The van der Waals surface area contributed by atoms with Crippen molar-refractivity contribution in [3.05, 3.63) is 0 Å². The van der Waals surface area contributed by atoms with Crippen LogP contribution in [0.15, 0.2) is 4.99 Å². The highest BCUT2D eigenvalue weighted by Crippen LogP contribution is 2.38. The van der Waals surface area contributed by atoms with Gasteiger partial charge in [0, 0.05) is 31.3 Å². The first kappa shape index (κ1) is 17.6. The maximum Gasteiger partial charge on any atom is 0.0635 e. The third-order valence-electron chi connectivity index (χ3n) is 3.76. The molecule has 0 aliphatic carbocycles. The van der Waals surface area contributed by atoms with E-state index in [0.29, 0.717) is 0 Å². The van der Waals surface area contributed by atoms with E-state index in [1.807, 2.05) is 0 Å². The highest BCUT2D eigenvalue weighted by molar-refractivity contribution is 5.66. The van der Waals surface area contributed by atoms with E-state index in [-0.39, 0.29) is 11.0 Å². The predicted octanol–water partition coefficient (Wildman–Crippen LogP) is 2.15. The molecule has 0 N–H and O–H groups in total. The van der Waals surface area contributed by atoms with E-state index in [2.05, 4.69) is 58.1 Å². The summed E-state index contributed by atoms with van der Waals surface area (Å²) in [7, 11) is 8.50. The standard InChI is InChI=1S/C16H33N3O/c1-15(2)12-16(8-11-20-15,14-19(5)6)13-17-9-7-10-18(3)4/h13H,7-12,14H2,1-6H3/t16-/m0/s1. The van der Waals surface area contributed by atoms with Gasteiger partial charge >= 0.3 is 0 Å². The van der Waals surface area contributed by atoms with Gasteiger partial charge in [0.25, 0.3) is 0 Å². The molecule has 1 fully saturated rings. The van der Waals surface area contributed by atoms with Gasteiger partial charge in [-0.25, -0.2) is 0 Å². The lowest BCUT2D eigenvalue weighted by molar-refractivity contribution is -0.0887. The van der Waals surface area contributed by atoms with Crippen molar-refractivity contribution >= 4 is 6.21 Å². The lowest BCUT2D eigenvalue weighted by atomic mass is 9.74. The van der Waals surface area contributed by atoms with Crippen LogP contribution in [0, 0.1) is 5.41 Å². The van der Waals surface area contributed by atoms with Crippen LogP contribution < -0.4 is 0 Å². The van der Waals surface area contributed by atoms with Crippen molar-refractivity contribution in [3.8, 4) is 0 Å². The molecule has 0 aromatic heterocycles. The van der Waals surface area contributed by atoms with Crippen LogP contribution in [0.3, 0.4) is 0 Å². The predicted molar refractivity (Wildman–Crippen MR) is 86.8 cm³/mol. The van der Waals surface area contributed by atoms with Crippen molar-refractivity contribution in [1.29, 1.82) is 0 Å². The summed E-state index contributed by atoms with van der Waals surface area (Å²) in [6.45, 7) is 8.30. The van der Waals surface area contributed by atoms with Gasteiger partial charge in [-0.3, -0.25) is 4.99 Å². The monoisotopic (exact) mass is 283 g/mol. The van der Waals surface area contributed by atoms with Crippen LogP contribution in [-0.2, 0) is 4.74 Å². The van der Waals surface area contributed by atoms with Crippen molar-refractivity contribution < 1.29 is 4.74 Å². The third-order valence-corrected chi connectivity index (χ3v) is 3.76. The second kappa shape index (κ2) is 7.53. The topological polar surface area (TPSA) is 28.1 Å². The van der Waals surface area contributed by atoms with E-state index >= 15 is 0 Å². The van der Waals surface area contributed by atoms with Crippen LogP contribution in [0.4, 0.5) is 0 Å². The van der Waals surface area contributed by atoms with Crippen LogP contribution in [-0.4, -0.2) is 76.0 Å². The van der Waals surface area contributed by atoms with Gasteiger partial charge in [0.15, 0.2) is 0 Å². The van der Waals surface area contributed by atoms with E-state index in [0.717, 1.165) is 45.5 Å². The van der Waals surface area contributed by atoms with Crippen molar-refractivity contribution in [3.63, 3.8) is 0 Å². The van der Waals surface area contributed by atoms with E-state index in [1.54, 1.807) is 0 Å². The van der Waals surface area contributed by atoms with Gasteiger partial charge in [0.05, 0.1) is 5.60 Å². The maximum atomic E-state index is 5.87. The lowest BCUT2D eigenvalue weighted by Crippen LogP contribution is -2.47. The summed E-state index contributed by atoms with van der Waals surface area (Å²) >= 11 is 0. The molecule has 118 valence electrons. The zero-order valence-electron chi connectivity index (χ0n) is 14.3. The number of rotatable bonds is 7. The Bertz CT molecular complexity index is 313. The second-order valence-electron chi connectivity index (χ2n) is 7.33. The molecule has 1 rings (SSSR count). The smallest absolute Gasteiger partial charge is 0.0635 e. The third kappa shape index (κ3) is 6.33. The maximum absolute atomic E-state index is 5.87. The summed E-state index contributed by atoms with van der Waals surface area (Å²) in [6.07, 6.45) is 5.48. The summed E-state index contributed by atoms with van der Waals surface area (Å²) in [5.74, 6) is 0. The fraction of sp³-hybridized carbons (Fsp3) is 0.938. The lowest BCUT2D eigenvalue weighted by Gasteiger charge is -2.44. The Morgan fingerprint density at radius 3 is 2.40 bits per heavy atom. The Morgan fingerprint density at radius 1 is 1.15 bits per heavy atom. The Labute approximate surface area is 125 Å². The first-order valence-corrected chi connectivity index (χ1v) is 7.69. The Morgan fingerprint density at radius 2 is 1.85 bits per heavy atom. The van der Waals surface area contributed by atoms with Crippen molar-refractivity contribution in [2.24, 2.45) is 10.4 Å². The van der Waals surface area contributed by atoms with Gasteiger partial charge in [-0.15, -0.1) is 0 Å². The van der Waals surface area contributed by atoms with E-state index in [4.69, 9.17) is 9.73 Å². The fourth-order valence-corrected chi connectivity index (χ4v) is 3.17. The first-order valence-electron chi connectivity index (χ1n) is 7.69. The van der Waals surface area contributed by atoms with Crippen LogP contribution in [0.25, 0.3) is 0 Å². The number of nitrogens with zero attached hydrogens (tertiary/aromatic N) is 3. The van der Waals surface area contributed by atoms with Crippen LogP contribution in [0.1, 0.15) is 33.1 Å². The molecule has 0 unspecified atom stereocenters. The Kier molecular flexibility index (Phi) is 6.62. The molecule has 20 heavy (non-hydrogen) atoms. The van der Waals surface area contributed by atoms with Gasteiger partial charge in [0.2, 0.25) is 0 Å². The molecule has 4 nitrogen and oxygen atoms in total. The summed E-state index contributed by atoms with van der Waals surface area (Å²) in [5, 5.41) is 0. The summed E-state index contributed by atoms with van der Waals surface area (Å²) < 4.78 is 5.87. The van der Waals surface area contributed by atoms with Crippen molar-refractivity contribution in [1.82, 2.24) is 9.80 Å². The highest BCUT2D eigenvalue weighted by Gasteiger charge is 2.40. The molecule has 0 saturated carbocycles. The molecular formula is C16H33N3O. The van der Waals surface area contributed by atoms with Crippen LogP contribution in [0.5, 0.6) is 0 Å². The van der Waals surface area contributed by atoms with Crippen LogP contribution >= 0.6 is 0 Å². The summed E-state index contributed by atoms with van der Waals surface area (Å²) in [4.78, 5) is 9.21.